The molecule has 2 aromatic carbocycles. The van der Waals surface area contributed by atoms with E-state index in [1.165, 1.54) is 0 Å². The number of nitrogen functional groups attached to an aromatic ring is 1. The fourth-order valence-electron chi connectivity index (χ4n) is 1.91. The standard InChI is InChI=1S/C14H12ClN3OS/c15-10-3-1-9(2-4-10)8-20(19)14-17-12-6-5-11(16)7-13(12)18-14/h1-7H,8,16H2,(H,17,18). The van der Waals surface area contributed by atoms with Crippen LogP contribution in [0.25, 0.3) is 11.0 Å². The van der Waals surface area contributed by atoms with Gasteiger partial charge in [-0.3, -0.25) is 4.21 Å². The molecule has 0 aliphatic carbocycles. The maximum Gasteiger partial charge on any atom is 0.197 e. The monoisotopic (exact) mass is 305 g/mol. The summed E-state index contributed by atoms with van der Waals surface area (Å²) in [7, 11) is -1.23. The van der Waals surface area contributed by atoms with Crippen molar-refractivity contribution in [2.75, 3.05) is 5.73 Å². The Labute approximate surface area is 123 Å². The Morgan fingerprint density at radius 3 is 2.70 bits per heavy atom. The molecule has 0 saturated carbocycles. The summed E-state index contributed by atoms with van der Waals surface area (Å²) < 4.78 is 12.3. The Balaban J connectivity index is 1.86. The number of fused-ring (bicyclic) bond motifs is 1. The van der Waals surface area contributed by atoms with Crippen molar-refractivity contribution >= 4 is 39.1 Å². The van der Waals surface area contributed by atoms with E-state index in [1.54, 1.807) is 24.3 Å². The van der Waals surface area contributed by atoms with Gasteiger partial charge in [0.1, 0.15) is 0 Å². The summed E-state index contributed by atoms with van der Waals surface area (Å²) in [6.07, 6.45) is 0. The minimum Gasteiger partial charge on any atom is -0.399 e. The first kappa shape index (κ1) is 13.1. The molecule has 0 spiro atoms. The molecule has 6 heteroatoms. The summed E-state index contributed by atoms with van der Waals surface area (Å²) in [6, 6.07) is 12.7. The van der Waals surface area contributed by atoms with Gasteiger partial charge in [-0.25, -0.2) is 4.98 Å². The SMILES string of the molecule is Nc1ccc2nc(S(=O)Cc3ccc(Cl)cc3)[nH]c2c1. The van der Waals surface area contributed by atoms with Crippen LogP contribution in [0.4, 0.5) is 5.69 Å². The molecule has 0 saturated heterocycles. The number of aromatic nitrogens is 2. The Bertz CT molecular complexity index is 783. The zero-order valence-corrected chi connectivity index (χ0v) is 12.0. The van der Waals surface area contributed by atoms with Crippen LogP contribution < -0.4 is 5.73 Å². The first-order valence-corrected chi connectivity index (χ1v) is 7.69. The molecule has 1 atom stereocenters. The predicted octanol–water partition coefficient (Wildman–Crippen LogP) is 3.11. The number of hydrogen-bond donors (Lipinski definition) is 2. The van der Waals surface area contributed by atoms with Gasteiger partial charge in [-0.1, -0.05) is 23.7 Å². The number of anilines is 1. The summed E-state index contributed by atoms with van der Waals surface area (Å²) in [4.78, 5) is 7.38. The zero-order valence-electron chi connectivity index (χ0n) is 10.5. The van der Waals surface area contributed by atoms with Crippen LogP contribution in [0, 0.1) is 0 Å². The van der Waals surface area contributed by atoms with Gasteiger partial charge < -0.3 is 10.7 Å². The van der Waals surface area contributed by atoms with E-state index in [2.05, 4.69) is 9.97 Å². The number of nitrogens with zero attached hydrogens (tertiary/aromatic N) is 1. The van der Waals surface area contributed by atoms with Gasteiger partial charge in [0.15, 0.2) is 5.16 Å². The first-order valence-electron chi connectivity index (χ1n) is 6.00. The number of hydrogen-bond acceptors (Lipinski definition) is 3. The fraction of sp³-hybridized carbons (Fsp3) is 0.0714. The number of halogens is 1. The van der Waals surface area contributed by atoms with Crippen LogP contribution in [0.1, 0.15) is 5.56 Å². The Morgan fingerprint density at radius 2 is 1.95 bits per heavy atom. The summed E-state index contributed by atoms with van der Waals surface area (Å²) in [6.45, 7) is 0. The number of H-pyrrole nitrogens is 1. The molecule has 1 unspecified atom stereocenters. The molecule has 3 N–H and O–H groups in total. The molecule has 3 rings (SSSR count). The molecule has 0 aliphatic heterocycles. The van der Waals surface area contributed by atoms with Crippen LogP contribution in [0.5, 0.6) is 0 Å². The minimum absolute atomic E-state index is 0.395. The summed E-state index contributed by atoms with van der Waals surface area (Å²) in [5.41, 5.74) is 8.87. The Hall–Kier alpha value is -1.85. The molecule has 3 aromatic rings. The van der Waals surface area contributed by atoms with E-state index in [-0.39, 0.29) is 0 Å². The molecule has 1 aromatic heterocycles. The second-order valence-electron chi connectivity index (χ2n) is 4.43. The first-order chi connectivity index (χ1) is 9.61. The van der Waals surface area contributed by atoms with E-state index in [0.29, 0.717) is 21.6 Å². The normalized spacial score (nSPS) is 12.7. The number of rotatable bonds is 3. The minimum atomic E-state index is -1.23. The fourth-order valence-corrected chi connectivity index (χ4v) is 3.09. The van der Waals surface area contributed by atoms with Crippen LogP contribution in [-0.4, -0.2) is 14.2 Å². The third-order valence-electron chi connectivity index (χ3n) is 2.91. The highest BCUT2D eigenvalue weighted by Gasteiger charge is 2.11. The Morgan fingerprint density at radius 1 is 1.20 bits per heavy atom. The largest absolute Gasteiger partial charge is 0.399 e. The lowest BCUT2D eigenvalue weighted by atomic mass is 10.2. The average Bonchev–Trinajstić information content (AvgIpc) is 2.84. The number of nitrogens with two attached hydrogens (primary N) is 1. The van der Waals surface area contributed by atoms with E-state index < -0.39 is 10.8 Å². The van der Waals surface area contributed by atoms with Crippen molar-refractivity contribution in [1.82, 2.24) is 9.97 Å². The van der Waals surface area contributed by atoms with Crippen LogP contribution in [-0.2, 0) is 16.6 Å². The van der Waals surface area contributed by atoms with Gasteiger partial charge in [0.05, 0.1) is 27.6 Å². The van der Waals surface area contributed by atoms with E-state index in [0.717, 1.165) is 16.6 Å². The quantitative estimate of drug-likeness (QED) is 0.730. The van der Waals surface area contributed by atoms with Gasteiger partial charge in [-0.2, -0.15) is 0 Å². The van der Waals surface area contributed by atoms with Gasteiger partial charge in [0.2, 0.25) is 0 Å². The molecule has 0 fully saturated rings. The topological polar surface area (TPSA) is 71.8 Å². The lowest BCUT2D eigenvalue weighted by Crippen LogP contribution is -1.98. The molecule has 0 radical (unpaired) electrons. The number of aromatic amines is 1. The van der Waals surface area contributed by atoms with Gasteiger partial charge in [-0.15, -0.1) is 0 Å². The molecule has 102 valence electrons. The molecular weight excluding hydrogens is 294 g/mol. The van der Waals surface area contributed by atoms with Crippen molar-refractivity contribution in [3.05, 3.63) is 53.1 Å². The van der Waals surface area contributed by atoms with Crippen LogP contribution >= 0.6 is 11.6 Å². The zero-order chi connectivity index (χ0) is 14.1. The second-order valence-corrected chi connectivity index (χ2v) is 6.24. The Kier molecular flexibility index (Phi) is 3.46. The maximum atomic E-state index is 12.3. The number of imidazole rings is 1. The lowest BCUT2D eigenvalue weighted by molar-refractivity contribution is 0.677. The second kappa shape index (κ2) is 5.26. The van der Waals surface area contributed by atoms with E-state index in [4.69, 9.17) is 17.3 Å². The third-order valence-corrected chi connectivity index (χ3v) is 4.38. The van der Waals surface area contributed by atoms with E-state index >= 15 is 0 Å². The van der Waals surface area contributed by atoms with Crippen LogP contribution in [0.15, 0.2) is 47.6 Å². The van der Waals surface area contributed by atoms with Crippen molar-refractivity contribution in [1.29, 1.82) is 0 Å². The smallest absolute Gasteiger partial charge is 0.197 e. The van der Waals surface area contributed by atoms with Gasteiger partial charge in [0, 0.05) is 10.7 Å². The van der Waals surface area contributed by atoms with Gasteiger partial charge in [0.25, 0.3) is 0 Å². The molecule has 1 heterocycles. The summed E-state index contributed by atoms with van der Waals surface area (Å²) >= 11 is 5.83. The molecule has 4 nitrogen and oxygen atoms in total. The highest BCUT2D eigenvalue weighted by molar-refractivity contribution is 7.84. The van der Waals surface area contributed by atoms with E-state index in [9.17, 15) is 4.21 Å². The third kappa shape index (κ3) is 2.69. The van der Waals surface area contributed by atoms with Crippen LogP contribution in [0.3, 0.4) is 0 Å². The summed E-state index contributed by atoms with van der Waals surface area (Å²) in [5.74, 6) is 0.395. The highest BCUT2D eigenvalue weighted by Crippen LogP contribution is 2.18. The van der Waals surface area contributed by atoms with Crippen molar-refractivity contribution in [2.24, 2.45) is 0 Å². The molecule has 0 aliphatic rings. The van der Waals surface area contributed by atoms with Gasteiger partial charge in [-0.05, 0) is 35.9 Å². The highest BCUT2D eigenvalue weighted by atomic mass is 35.5. The number of nitrogens with one attached hydrogen (secondary N) is 1. The van der Waals surface area contributed by atoms with Crippen molar-refractivity contribution in [3.63, 3.8) is 0 Å². The molecular formula is C14H12ClN3OS. The average molecular weight is 306 g/mol. The van der Waals surface area contributed by atoms with E-state index in [1.807, 2.05) is 18.2 Å². The lowest BCUT2D eigenvalue weighted by Gasteiger charge is -1.99. The molecule has 0 bridgehead atoms. The van der Waals surface area contributed by atoms with Crippen molar-refractivity contribution in [3.8, 4) is 0 Å². The maximum absolute atomic E-state index is 12.3. The van der Waals surface area contributed by atoms with Gasteiger partial charge >= 0.3 is 0 Å². The van der Waals surface area contributed by atoms with Crippen molar-refractivity contribution < 1.29 is 4.21 Å². The summed E-state index contributed by atoms with van der Waals surface area (Å²) in [5, 5.41) is 1.12. The predicted molar refractivity (Wildman–Crippen MR) is 82.1 cm³/mol. The van der Waals surface area contributed by atoms with Crippen LogP contribution in [0.2, 0.25) is 5.02 Å². The number of benzene rings is 2. The molecule has 20 heavy (non-hydrogen) atoms. The molecule has 0 amide bonds. The van der Waals surface area contributed by atoms with Crippen molar-refractivity contribution in [2.45, 2.75) is 10.9 Å².